The molecule has 0 aliphatic carbocycles. The highest BCUT2D eigenvalue weighted by Gasteiger charge is 2.38. The molecule has 2 unspecified atom stereocenters. The van der Waals surface area contributed by atoms with Gasteiger partial charge in [0.25, 0.3) is 0 Å². The largest absolute Gasteiger partial charge is 0.383 e. The van der Waals surface area contributed by atoms with Crippen molar-refractivity contribution in [2.75, 3.05) is 0 Å². The van der Waals surface area contributed by atoms with Crippen LogP contribution in [0.3, 0.4) is 0 Å². The first-order valence-electron chi connectivity index (χ1n) is 6.38. The summed E-state index contributed by atoms with van der Waals surface area (Å²) < 4.78 is 0. The average molecular weight is 274 g/mol. The highest BCUT2D eigenvalue weighted by Crippen LogP contribution is 2.39. The Morgan fingerprint density at radius 1 is 1.16 bits per heavy atom. The van der Waals surface area contributed by atoms with Crippen LogP contribution in [0.15, 0.2) is 48.5 Å². The summed E-state index contributed by atoms with van der Waals surface area (Å²) in [6.45, 7) is 2.64. The summed E-state index contributed by atoms with van der Waals surface area (Å²) in [4.78, 5) is 0. The van der Waals surface area contributed by atoms with E-state index in [9.17, 15) is 5.11 Å². The van der Waals surface area contributed by atoms with Crippen molar-refractivity contribution >= 4 is 11.6 Å². The summed E-state index contributed by atoms with van der Waals surface area (Å²) in [5.41, 5.74) is 2.33. The van der Waals surface area contributed by atoms with E-state index in [1.54, 1.807) is 0 Å². The molecule has 0 spiro atoms. The second-order valence-corrected chi connectivity index (χ2v) is 5.60. The second-order valence-electron chi connectivity index (χ2n) is 5.17. The van der Waals surface area contributed by atoms with E-state index in [4.69, 9.17) is 11.6 Å². The number of aliphatic hydroxyl groups is 1. The van der Waals surface area contributed by atoms with Gasteiger partial charge in [-0.3, -0.25) is 0 Å². The Hall–Kier alpha value is -1.35. The lowest BCUT2D eigenvalue weighted by molar-refractivity contribution is 0.0177. The monoisotopic (exact) mass is 273 g/mol. The van der Waals surface area contributed by atoms with Crippen LogP contribution < -0.4 is 5.32 Å². The van der Waals surface area contributed by atoms with E-state index in [0.29, 0.717) is 5.02 Å². The molecule has 2 atom stereocenters. The molecule has 0 bridgehead atoms. The summed E-state index contributed by atoms with van der Waals surface area (Å²) in [5, 5.41) is 15.0. The zero-order valence-electron chi connectivity index (χ0n) is 10.7. The summed E-state index contributed by atoms with van der Waals surface area (Å²) in [7, 11) is 0. The number of halogens is 1. The van der Waals surface area contributed by atoms with Crippen LogP contribution in [0.5, 0.6) is 0 Å². The van der Waals surface area contributed by atoms with Gasteiger partial charge in [0.1, 0.15) is 5.60 Å². The lowest BCUT2D eigenvalue weighted by Gasteiger charge is -2.31. The molecular weight excluding hydrogens is 258 g/mol. The van der Waals surface area contributed by atoms with Crippen molar-refractivity contribution in [3.8, 4) is 0 Å². The van der Waals surface area contributed by atoms with Crippen LogP contribution in [-0.4, -0.2) is 5.11 Å². The Bertz CT molecular complexity index is 592. The zero-order chi connectivity index (χ0) is 13.5. The van der Waals surface area contributed by atoms with Gasteiger partial charge in [-0.05, 0) is 35.7 Å². The van der Waals surface area contributed by atoms with Crippen molar-refractivity contribution in [3.05, 3.63) is 70.2 Å². The van der Waals surface area contributed by atoms with E-state index in [2.05, 4.69) is 17.4 Å². The van der Waals surface area contributed by atoms with Gasteiger partial charge in [-0.1, -0.05) is 48.0 Å². The van der Waals surface area contributed by atoms with Gasteiger partial charge in [0.15, 0.2) is 0 Å². The summed E-state index contributed by atoms with van der Waals surface area (Å²) in [5.74, 6) is 0. The van der Waals surface area contributed by atoms with Crippen molar-refractivity contribution < 1.29 is 5.11 Å². The molecule has 0 radical (unpaired) electrons. The Morgan fingerprint density at radius 2 is 1.84 bits per heavy atom. The first-order chi connectivity index (χ1) is 9.09. The van der Waals surface area contributed by atoms with E-state index < -0.39 is 5.60 Å². The van der Waals surface area contributed by atoms with Crippen molar-refractivity contribution in [2.24, 2.45) is 0 Å². The quantitative estimate of drug-likeness (QED) is 0.879. The van der Waals surface area contributed by atoms with Gasteiger partial charge in [-0.2, -0.15) is 0 Å². The van der Waals surface area contributed by atoms with Gasteiger partial charge < -0.3 is 10.4 Å². The smallest absolute Gasteiger partial charge is 0.106 e. The maximum atomic E-state index is 10.9. The van der Waals surface area contributed by atoms with Crippen molar-refractivity contribution in [1.82, 2.24) is 5.32 Å². The second kappa shape index (κ2) is 4.64. The summed E-state index contributed by atoms with van der Waals surface area (Å²) in [6, 6.07) is 15.5. The van der Waals surface area contributed by atoms with Crippen LogP contribution in [0, 0.1) is 0 Å². The van der Waals surface area contributed by atoms with Crippen LogP contribution >= 0.6 is 11.6 Å². The van der Waals surface area contributed by atoms with Crippen LogP contribution in [0.2, 0.25) is 5.02 Å². The highest BCUT2D eigenvalue weighted by atomic mass is 35.5. The number of fused-ring (bicyclic) bond motifs is 1. The van der Waals surface area contributed by atoms with Gasteiger partial charge in [-0.25, -0.2) is 0 Å². The van der Waals surface area contributed by atoms with E-state index in [1.807, 2.05) is 43.3 Å². The van der Waals surface area contributed by atoms with Crippen LogP contribution in [0.4, 0.5) is 0 Å². The maximum absolute atomic E-state index is 10.9. The lowest BCUT2D eigenvalue weighted by Crippen LogP contribution is -2.35. The molecule has 0 saturated carbocycles. The van der Waals surface area contributed by atoms with Crippen molar-refractivity contribution in [3.63, 3.8) is 0 Å². The fraction of sp³-hybridized carbons (Fsp3) is 0.250. The van der Waals surface area contributed by atoms with Gasteiger partial charge in [0, 0.05) is 11.6 Å². The van der Waals surface area contributed by atoms with E-state index in [-0.39, 0.29) is 6.04 Å². The van der Waals surface area contributed by atoms with E-state index in [1.165, 1.54) is 11.1 Å². The number of benzene rings is 2. The molecule has 0 amide bonds. The molecule has 0 aromatic heterocycles. The number of hydrogen-bond donors (Lipinski definition) is 2. The molecule has 2 aromatic rings. The Morgan fingerprint density at radius 3 is 2.58 bits per heavy atom. The standard InChI is InChI=1S/C16H16ClNO/c1-16(19,12-6-8-13(17)9-7-12)15-14-5-3-2-4-11(14)10-18-15/h2-9,15,18-19H,10H2,1H3. The minimum Gasteiger partial charge on any atom is -0.383 e. The van der Waals surface area contributed by atoms with Gasteiger partial charge in [0.2, 0.25) is 0 Å². The first-order valence-corrected chi connectivity index (χ1v) is 6.76. The van der Waals surface area contributed by atoms with E-state index >= 15 is 0 Å². The van der Waals surface area contributed by atoms with Crippen molar-refractivity contribution in [1.29, 1.82) is 0 Å². The number of nitrogens with one attached hydrogen (secondary N) is 1. The van der Waals surface area contributed by atoms with Crippen LogP contribution in [0.25, 0.3) is 0 Å². The Kier molecular flexibility index (Phi) is 3.09. The topological polar surface area (TPSA) is 32.3 Å². The van der Waals surface area contributed by atoms with Crippen LogP contribution in [-0.2, 0) is 12.1 Å². The summed E-state index contributed by atoms with van der Waals surface area (Å²) in [6.07, 6.45) is 0. The highest BCUT2D eigenvalue weighted by molar-refractivity contribution is 6.30. The molecule has 3 rings (SSSR count). The van der Waals surface area contributed by atoms with Gasteiger partial charge >= 0.3 is 0 Å². The molecule has 19 heavy (non-hydrogen) atoms. The van der Waals surface area contributed by atoms with Gasteiger partial charge in [-0.15, -0.1) is 0 Å². The normalized spacial score (nSPS) is 20.9. The molecule has 2 N–H and O–H groups in total. The molecule has 1 heterocycles. The first kappa shape index (κ1) is 12.7. The fourth-order valence-corrected chi connectivity index (χ4v) is 2.88. The third kappa shape index (κ3) is 2.16. The Labute approximate surface area is 118 Å². The predicted molar refractivity (Wildman–Crippen MR) is 77.0 cm³/mol. The molecule has 2 nitrogen and oxygen atoms in total. The predicted octanol–water partition coefficient (Wildman–Crippen LogP) is 3.39. The van der Waals surface area contributed by atoms with E-state index in [0.717, 1.165) is 12.1 Å². The number of hydrogen-bond acceptors (Lipinski definition) is 2. The molecule has 98 valence electrons. The summed E-state index contributed by atoms with van der Waals surface area (Å²) >= 11 is 5.91. The fourth-order valence-electron chi connectivity index (χ4n) is 2.75. The third-order valence-electron chi connectivity index (χ3n) is 3.85. The average Bonchev–Trinajstić information content (AvgIpc) is 2.83. The van der Waals surface area contributed by atoms with Crippen molar-refractivity contribution in [2.45, 2.75) is 25.1 Å². The SMILES string of the molecule is CC(O)(c1ccc(Cl)cc1)C1NCc2ccccc21. The number of rotatable bonds is 2. The molecule has 1 aliphatic heterocycles. The minimum atomic E-state index is -0.961. The lowest BCUT2D eigenvalue weighted by atomic mass is 9.84. The molecular formula is C16H16ClNO. The molecule has 0 fully saturated rings. The zero-order valence-corrected chi connectivity index (χ0v) is 11.5. The molecule has 2 aromatic carbocycles. The minimum absolute atomic E-state index is 0.0927. The van der Waals surface area contributed by atoms with Crippen LogP contribution in [0.1, 0.15) is 29.7 Å². The molecule has 3 heteroatoms. The van der Waals surface area contributed by atoms with Gasteiger partial charge in [0.05, 0.1) is 6.04 Å². The maximum Gasteiger partial charge on any atom is 0.106 e. The molecule has 0 saturated heterocycles. The Balaban J connectivity index is 2.00. The molecule has 1 aliphatic rings. The third-order valence-corrected chi connectivity index (χ3v) is 4.11.